The first kappa shape index (κ1) is 17.5. The number of aryl methyl sites for hydroxylation is 1. The van der Waals surface area contributed by atoms with E-state index in [-0.39, 0.29) is 12.1 Å². The van der Waals surface area contributed by atoms with Crippen LogP contribution in [-0.2, 0) is 13.0 Å². The summed E-state index contributed by atoms with van der Waals surface area (Å²) in [6, 6.07) is 16.3. The second-order valence-electron chi connectivity index (χ2n) is 5.75. The molecule has 0 spiro atoms. The van der Waals surface area contributed by atoms with Crippen molar-refractivity contribution in [2.24, 2.45) is 0 Å². The van der Waals surface area contributed by atoms with Crippen molar-refractivity contribution in [3.05, 3.63) is 69.7 Å². The maximum Gasteiger partial charge on any atom is 0.317 e. The van der Waals surface area contributed by atoms with Crippen LogP contribution in [0.3, 0.4) is 0 Å². The average Bonchev–Trinajstić information content (AvgIpc) is 2.55. The summed E-state index contributed by atoms with van der Waals surface area (Å²) in [4.78, 5) is 14.0. The van der Waals surface area contributed by atoms with Crippen molar-refractivity contribution in [1.29, 1.82) is 0 Å². The van der Waals surface area contributed by atoms with Crippen LogP contribution in [0.4, 0.5) is 4.79 Å². The molecule has 0 saturated heterocycles. The molecular weight excluding hydrogens is 352 g/mol. The van der Waals surface area contributed by atoms with E-state index in [1.807, 2.05) is 38.2 Å². The highest BCUT2D eigenvalue weighted by molar-refractivity contribution is 9.10. The topological polar surface area (TPSA) is 32.3 Å². The van der Waals surface area contributed by atoms with Gasteiger partial charge in [0.15, 0.2) is 0 Å². The number of amides is 2. The molecule has 0 aliphatic rings. The van der Waals surface area contributed by atoms with E-state index in [0.717, 1.165) is 22.0 Å². The van der Waals surface area contributed by atoms with Gasteiger partial charge in [-0.05, 0) is 42.2 Å². The first-order chi connectivity index (χ1) is 11.0. The molecule has 0 fully saturated rings. The van der Waals surface area contributed by atoms with Gasteiger partial charge in [0.25, 0.3) is 0 Å². The SMILES string of the molecule is CCc1ccc(CN(C)C(=O)NC(C)c2cccc(Br)c2)cc1. The first-order valence-electron chi connectivity index (χ1n) is 7.84. The van der Waals surface area contributed by atoms with E-state index < -0.39 is 0 Å². The minimum atomic E-state index is -0.0722. The van der Waals surface area contributed by atoms with Crippen molar-refractivity contribution in [3.63, 3.8) is 0 Å². The number of hydrogen-bond acceptors (Lipinski definition) is 1. The smallest absolute Gasteiger partial charge is 0.317 e. The highest BCUT2D eigenvalue weighted by Gasteiger charge is 2.13. The van der Waals surface area contributed by atoms with Gasteiger partial charge in [0.2, 0.25) is 0 Å². The molecule has 122 valence electrons. The predicted octanol–water partition coefficient (Wildman–Crippen LogP) is 4.91. The van der Waals surface area contributed by atoms with E-state index >= 15 is 0 Å². The molecule has 2 amide bonds. The second kappa shape index (κ2) is 8.16. The maximum absolute atomic E-state index is 12.3. The Kier molecular flexibility index (Phi) is 6.22. The van der Waals surface area contributed by atoms with Crippen molar-refractivity contribution >= 4 is 22.0 Å². The lowest BCUT2D eigenvalue weighted by Gasteiger charge is -2.22. The van der Waals surface area contributed by atoms with Gasteiger partial charge in [0.05, 0.1) is 6.04 Å². The average molecular weight is 375 g/mol. The Hall–Kier alpha value is -1.81. The number of nitrogens with one attached hydrogen (secondary N) is 1. The Morgan fingerprint density at radius 3 is 2.43 bits per heavy atom. The number of carbonyl (C=O) groups excluding carboxylic acids is 1. The summed E-state index contributed by atoms with van der Waals surface area (Å²) in [6.45, 7) is 4.72. The van der Waals surface area contributed by atoms with Crippen molar-refractivity contribution in [2.45, 2.75) is 32.9 Å². The monoisotopic (exact) mass is 374 g/mol. The van der Waals surface area contributed by atoms with Gasteiger partial charge in [0, 0.05) is 18.1 Å². The quantitative estimate of drug-likeness (QED) is 0.791. The van der Waals surface area contributed by atoms with Crippen LogP contribution in [0.5, 0.6) is 0 Å². The fraction of sp³-hybridized carbons (Fsp3) is 0.316. The van der Waals surface area contributed by atoms with Crippen LogP contribution < -0.4 is 5.32 Å². The number of carbonyl (C=O) groups is 1. The molecule has 2 aromatic rings. The van der Waals surface area contributed by atoms with Crippen LogP contribution in [0, 0.1) is 0 Å². The van der Waals surface area contributed by atoms with Crippen molar-refractivity contribution in [3.8, 4) is 0 Å². The first-order valence-corrected chi connectivity index (χ1v) is 8.63. The fourth-order valence-electron chi connectivity index (χ4n) is 2.38. The standard InChI is InChI=1S/C19H23BrN2O/c1-4-15-8-10-16(11-9-15)13-22(3)19(23)21-14(2)17-6-5-7-18(20)12-17/h5-12,14H,4,13H2,1-3H3,(H,21,23). The zero-order chi connectivity index (χ0) is 16.8. The third kappa shape index (κ3) is 5.10. The fourth-order valence-corrected chi connectivity index (χ4v) is 2.80. The Balaban J connectivity index is 1.93. The van der Waals surface area contributed by atoms with Gasteiger partial charge in [0.1, 0.15) is 0 Å². The molecule has 2 rings (SSSR count). The maximum atomic E-state index is 12.3. The minimum absolute atomic E-state index is 0.0371. The molecule has 2 aromatic carbocycles. The van der Waals surface area contributed by atoms with Gasteiger partial charge in [-0.25, -0.2) is 4.79 Å². The van der Waals surface area contributed by atoms with E-state index in [9.17, 15) is 4.79 Å². The van der Waals surface area contributed by atoms with Gasteiger partial charge >= 0.3 is 6.03 Å². The van der Waals surface area contributed by atoms with Gasteiger partial charge in [-0.2, -0.15) is 0 Å². The lowest BCUT2D eigenvalue weighted by Crippen LogP contribution is -2.38. The Bertz CT molecular complexity index is 655. The van der Waals surface area contributed by atoms with E-state index in [1.54, 1.807) is 4.90 Å². The van der Waals surface area contributed by atoms with Gasteiger partial charge in [-0.15, -0.1) is 0 Å². The van der Waals surface area contributed by atoms with Crippen LogP contribution in [0.25, 0.3) is 0 Å². The summed E-state index contributed by atoms with van der Waals surface area (Å²) in [5.41, 5.74) is 3.52. The van der Waals surface area contributed by atoms with Crippen molar-refractivity contribution in [2.75, 3.05) is 7.05 Å². The van der Waals surface area contributed by atoms with Crippen LogP contribution in [0.15, 0.2) is 53.0 Å². The summed E-state index contributed by atoms with van der Waals surface area (Å²) < 4.78 is 1.01. The second-order valence-corrected chi connectivity index (χ2v) is 6.67. The lowest BCUT2D eigenvalue weighted by atomic mass is 10.1. The number of benzene rings is 2. The van der Waals surface area contributed by atoms with E-state index in [4.69, 9.17) is 0 Å². The molecule has 1 N–H and O–H groups in total. The molecule has 0 radical (unpaired) electrons. The Morgan fingerprint density at radius 2 is 1.83 bits per heavy atom. The number of urea groups is 1. The molecule has 0 aliphatic heterocycles. The highest BCUT2D eigenvalue weighted by Crippen LogP contribution is 2.18. The molecule has 0 aliphatic carbocycles. The number of hydrogen-bond donors (Lipinski definition) is 1. The minimum Gasteiger partial charge on any atom is -0.331 e. The molecule has 1 atom stereocenters. The third-order valence-electron chi connectivity index (χ3n) is 3.89. The molecule has 0 aromatic heterocycles. The van der Waals surface area contributed by atoms with Crippen LogP contribution in [-0.4, -0.2) is 18.0 Å². The zero-order valence-electron chi connectivity index (χ0n) is 13.8. The number of nitrogens with zero attached hydrogens (tertiary/aromatic N) is 1. The molecule has 23 heavy (non-hydrogen) atoms. The Morgan fingerprint density at radius 1 is 1.17 bits per heavy atom. The molecule has 0 saturated carbocycles. The molecular formula is C19H23BrN2O. The van der Waals surface area contributed by atoms with Crippen LogP contribution >= 0.6 is 15.9 Å². The van der Waals surface area contributed by atoms with E-state index in [1.165, 1.54) is 5.56 Å². The van der Waals surface area contributed by atoms with Gasteiger partial charge < -0.3 is 10.2 Å². The van der Waals surface area contributed by atoms with E-state index in [2.05, 4.69) is 52.4 Å². The molecule has 3 nitrogen and oxygen atoms in total. The number of halogens is 1. The third-order valence-corrected chi connectivity index (χ3v) is 4.38. The summed E-state index contributed by atoms with van der Waals surface area (Å²) in [5, 5.41) is 3.03. The zero-order valence-corrected chi connectivity index (χ0v) is 15.4. The largest absolute Gasteiger partial charge is 0.331 e. The Labute approximate surface area is 146 Å². The molecule has 1 unspecified atom stereocenters. The van der Waals surface area contributed by atoms with Crippen LogP contribution in [0.1, 0.15) is 36.6 Å². The number of rotatable bonds is 5. The summed E-state index contributed by atoms with van der Waals surface area (Å²) >= 11 is 3.46. The summed E-state index contributed by atoms with van der Waals surface area (Å²) in [5.74, 6) is 0. The summed E-state index contributed by atoms with van der Waals surface area (Å²) in [6.07, 6.45) is 1.03. The molecule has 0 bridgehead atoms. The molecule has 0 heterocycles. The highest BCUT2D eigenvalue weighted by atomic mass is 79.9. The summed E-state index contributed by atoms with van der Waals surface area (Å²) in [7, 11) is 1.82. The van der Waals surface area contributed by atoms with Crippen molar-refractivity contribution in [1.82, 2.24) is 10.2 Å². The van der Waals surface area contributed by atoms with Gasteiger partial charge in [-0.3, -0.25) is 0 Å². The van der Waals surface area contributed by atoms with E-state index in [0.29, 0.717) is 6.54 Å². The predicted molar refractivity (Wildman–Crippen MR) is 98.4 cm³/mol. The van der Waals surface area contributed by atoms with Crippen molar-refractivity contribution < 1.29 is 4.79 Å². The van der Waals surface area contributed by atoms with Crippen LogP contribution in [0.2, 0.25) is 0 Å². The molecule has 4 heteroatoms. The normalized spacial score (nSPS) is 11.8. The van der Waals surface area contributed by atoms with Gasteiger partial charge in [-0.1, -0.05) is 59.3 Å². The lowest BCUT2D eigenvalue weighted by molar-refractivity contribution is 0.203.